The maximum atomic E-state index is 12.7. The Balaban J connectivity index is 1.55. The highest BCUT2D eigenvalue weighted by Gasteiger charge is 2.18. The van der Waals surface area contributed by atoms with Gasteiger partial charge in [0, 0.05) is 25.5 Å². The quantitative estimate of drug-likeness (QED) is 0.633. The van der Waals surface area contributed by atoms with E-state index in [1.807, 2.05) is 0 Å². The van der Waals surface area contributed by atoms with Crippen LogP contribution in [0.5, 0.6) is 5.88 Å². The molecule has 1 aliphatic rings. The fourth-order valence-electron chi connectivity index (χ4n) is 2.84. The van der Waals surface area contributed by atoms with Gasteiger partial charge in [-0.05, 0) is 30.9 Å². The van der Waals surface area contributed by atoms with Crippen LogP contribution in [-0.4, -0.2) is 45.7 Å². The number of nitrogens with zero attached hydrogens (tertiary/aromatic N) is 4. The van der Waals surface area contributed by atoms with Gasteiger partial charge < -0.3 is 20.5 Å². The first-order valence-corrected chi connectivity index (χ1v) is 10.1. The van der Waals surface area contributed by atoms with Crippen molar-refractivity contribution < 1.29 is 14.3 Å². The van der Waals surface area contributed by atoms with E-state index >= 15 is 0 Å². The lowest BCUT2D eigenvalue weighted by Gasteiger charge is -2.21. The fourth-order valence-corrected chi connectivity index (χ4v) is 3.40. The van der Waals surface area contributed by atoms with Crippen LogP contribution in [0.25, 0.3) is 10.7 Å². The van der Waals surface area contributed by atoms with E-state index in [0.717, 1.165) is 30.9 Å². The van der Waals surface area contributed by atoms with Crippen molar-refractivity contribution in [3.05, 3.63) is 41.8 Å². The van der Waals surface area contributed by atoms with E-state index in [1.54, 1.807) is 29.9 Å². The molecule has 0 spiro atoms. The van der Waals surface area contributed by atoms with Crippen LogP contribution in [0.1, 0.15) is 23.3 Å². The van der Waals surface area contributed by atoms with E-state index in [4.69, 9.17) is 15.2 Å². The average Bonchev–Trinajstić information content (AvgIpc) is 3.29. The number of thiazole rings is 1. The summed E-state index contributed by atoms with van der Waals surface area (Å²) < 4.78 is 11.3. The van der Waals surface area contributed by atoms with E-state index in [1.165, 1.54) is 17.5 Å². The Hall–Kier alpha value is -3.11. The van der Waals surface area contributed by atoms with Crippen LogP contribution in [0.3, 0.4) is 0 Å². The van der Waals surface area contributed by atoms with Gasteiger partial charge in [0.05, 0.1) is 28.9 Å². The average molecular weight is 412 g/mol. The van der Waals surface area contributed by atoms with Crippen LogP contribution in [0, 0.1) is 5.92 Å². The van der Waals surface area contributed by atoms with Crippen molar-refractivity contribution in [2.75, 3.05) is 30.9 Å². The van der Waals surface area contributed by atoms with Gasteiger partial charge in [0.2, 0.25) is 5.88 Å². The SMILES string of the molecule is Nc1ccc(NC(=O)c2cc(OCC3CCOCC3)nc(-c3cncs3)n2)cn1. The summed E-state index contributed by atoms with van der Waals surface area (Å²) >= 11 is 1.39. The molecule has 0 aliphatic carbocycles. The molecule has 10 heteroatoms. The van der Waals surface area contributed by atoms with Crippen LogP contribution < -0.4 is 15.8 Å². The summed E-state index contributed by atoms with van der Waals surface area (Å²) in [6.45, 7) is 2.01. The molecule has 0 saturated carbocycles. The van der Waals surface area contributed by atoms with Crippen molar-refractivity contribution in [1.29, 1.82) is 0 Å². The Morgan fingerprint density at radius 2 is 2.14 bits per heavy atom. The van der Waals surface area contributed by atoms with Crippen molar-refractivity contribution in [1.82, 2.24) is 19.9 Å². The molecule has 0 unspecified atom stereocenters. The Labute approximate surface area is 171 Å². The molecule has 3 N–H and O–H groups in total. The predicted octanol–water partition coefficient (Wildman–Crippen LogP) is 2.64. The van der Waals surface area contributed by atoms with E-state index in [0.29, 0.717) is 35.7 Å². The maximum Gasteiger partial charge on any atom is 0.274 e. The number of anilines is 2. The molecule has 1 saturated heterocycles. The summed E-state index contributed by atoms with van der Waals surface area (Å²) in [6, 6.07) is 4.83. The van der Waals surface area contributed by atoms with Gasteiger partial charge in [-0.25, -0.2) is 9.97 Å². The minimum Gasteiger partial charge on any atom is -0.477 e. The number of aromatic nitrogens is 4. The molecule has 1 fully saturated rings. The number of hydrogen-bond acceptors (Lipinski definition) is 9. The molecule has 4 heterocycles. The number of nitrogen functional groups attached to an aromatic ring is 1. The second-order valence-electron chi connectivity index (χ2n) is 6.57. The van der Waals surface area contributed by atoms with Gasteiger partial charge in [0.1, 0.15) is 11.5 Å². The zero-order valence-electron chi connectivity index (χ0n) is 15.6. The van der Waals surface area contributed by atoms with Gasteiger partial charge in [-0.2, -0.15) is 4.98 Å². The van der Waals surface area contributed by atoms with Crippen LogP contribution in [0.4, 0.5) is 11.5 Å². The Bertz CT molecular complexity index is 959. The Morgan fingerprint density at radius 1 is 1.28 bits per heavy atom. The molecule has 29 heavy (non-hydrogen) atoms. The number of nitrogens with two attached hydrogens (primary N) is 1. The summed E-state index contributed by atoms with van der Waals surface area (Å²) in [5.74, 6) is 1.15. The number of hydrogen-bond donors (Lipinski definition) is 2. The van der Waals surface area contributed by atoms with E-state index < -0.39 is 0 Å². The molecule has 1 amide bonds. The lowest BCUT2D eigenvalue weighted by atomic mass is 10.0. The monoisotopic (exact) mass is 412 g/mol. The normalized spacial score (nSPS) is 14.5. The molecule has 0 bridgehead atoms. The Morgan fingerprint density at radius 3 is 2.86 bits per heavy atom. The standard InChI is InChI=1S/C19H20N6O3S/c20-16-2-1-13(8-22-16)23-19(26)14-7-17(28-10-12-3-5-27-6-4-12)25-18(24-14)15-9-21-11-29-15/h1-2,7-9,11-12H,3-6,10H2,(H2,20,22)(H,23,26). The first-order valence-electron chi connectivity index (χ1n) is 9.19. The molecule has 0 aromatic carbocycles. The van der Waals surface area contributed by atoms with Gasteiger partial charge in [-0.1, -0.05) is 0 Å². The molecular formula is C19H20N6O3S. The molecule has 150 valence electrons. The van der Waals surface area contributed by atoms with Crippen molar-refractivity contribution in [2.24, 2.45) is 5.92 Å². The molecule has 9 nitrogen and oxygen atoms in total. The smallest absolute Gasteiger partial charge is 0.274 e. The van der Waals surface area contributed by atoms with Crippen molar-refractivity contribution >= 4 is 28.7 Å². The predicted molar refractivity (Wildman–Crippen MR) is 109 cm³/mol. The number of rotatable bonds is 6. The highest BCUT2D eigenvalue weighted by Crippen LogP contribution is 2.24. The second-order valence-corrected chi connectivity index (χ2v) is 7.46. The summed E-state index contributed by atoms with van der Waals surface area (Å²) in [5.41, 5.74) is 7.99. The van der Waals surface area contributed by atoms with Crippen LogP contribution >= 0.6 is 11.3 Å². The number of amides is 1. The topological polar surface area (TPSA) is 125 Å². The van der Waals surface area contributed by atoms with Crippen LogP contribution in [-0.2, 0) is 4.74 Å². The molecule has 1 aliphatic heterocycles. The van der Waals surface area contributed by atoms with Crippen molar-refractivity contribution in [3.63, 3.8) is 0 Å². The highest BCUT2D eigenvalue weighted by molar-refractivity contribution is 7.13. The van der Waals surface area contributed by atoms with E-state index in [-0.39, 0.29) is 11.6 Å². The third kappa shape index (κ3) is 5.04. The van der Waals surface area contributed by atoms with Gasteiger partial charge in [0.15, 0.2) is 5.82 Å². The van der Waals surface area contributed by atoms with Gasteiger partial charge >= 0.3 is 0 Å². The summed E-state index contributed by atoms with van der Waals surface area (Å²) in [4.78, 5) is 30.4. The first-order chi connectivity index (χ1) is 14.2. The molecular weight excluding hydrogens is 392 g/mol. The number of carbonyl (C=O) groups excluding carboxylic acids is 1. The highest BCUT2D eigenvalue weighted by atomic mass is 32.1. The van der Waals surface area contributed by atoms with Gasteiger partial charge in [-0.15, -0.1) is 11.3 Å². The number of pyridine rings is 1. The maximum absolute atomic E-state index is 12.7. The Kier molecular flexibility index (Phi) is 5.92. The summed E-state index contributed by atoms with van der Waals surface area (Å²) in [6.07, 6.45) is 5.05. The fraction of sp³-hybridized carbons (Fsp3) is 0.316. The number of nitrogens with one attached hydrogen (secondary N) is 1. The largest absolute Gasteiger partial charge is 0.477 e. The zero-order chi connectivity index (χ0) is 20.1. The third-order valence-electron chi connectivity index (χ3n) is 4.44. The lowest BCUT2D eigenvalue weighted by Crippen LogP contribution is -2.22. The minimum absolute atomic E-state index is 0.196. The molecule has 3 aromatic rings. The number of carbonyl (C=O) groups is 1. The third-order valence-corrected chi connectivity index (χ3v) is 5.21. The summed E-state index contributed by atoms with van der Waals surface area (Å²) in [7, 11) is 0. The molecule has 0 atom stereocenters. The van der Waals surface area contributed by atoms with Crippen LogP contribution in [0.15, 0.2) is 36.1 Å². The van der Waals surface area contributed by atoms with Gasteiger partial charge in [-0.3, -0.25) is 9.78 Å². The van der Waals surface area contributed by atoms with Gasteiger partial charge in [0.25, 0.3) is 5.91 Å². The zero-order valence-corrected chi connectivity index (χ0v) is 16.4. The van der Waals surface area contributed by atoms with Crippen molar-refractivity contribution in [3.8, 4) is 16.6 Å². The van der Waals surface area contributed by atoms with Crippen LogP contribution in [0.2, 0.25) is 0 Å². The first kappa shape index (κ1) is 19.2. The van der Waals surface area contributed by atoms with E-state index in [2.05, 4.69) is 25.3 Å². The molecule has 0 radical (unpaired) electrons. The molecule has 4 rings (SSSR count). The minimum atomic E-state index is -0.388. The van der Waals surface area contributed by atoms with E-state index in [9.17, 15) is 4.79 Å². The number of ether oxygens (including phenoxy) is 2. The molecule has 3 aromatic heterocycles. The lowest BCUT2D eigenvalue weighted by molar-refractivity contribution is 0.0490. The summed E-state index contributed by atoms with van der Waals surface area (Å²) in [5, 5.41) is 2.76. The second kappa shape index (κ2) is 8.93. The van der Waals surface area contributed by atoms with Crippen molar-refractivity contribution in [2.45, 2.75) is 12.8 Å².